The van der Waals surface area contributed by atoms with Crippen molar-refractivity contribution < 1.29 is 17.6 Å². The van der Waals surface area contributed by atoms with E-state index in [4.69, 9.17) is 0 Å². The van der Waals surface area contributed by atoms with Gasteiger partial charge in [-0.15, -0.1) is 0 Å². The lowest BCUT2D eigenvalue weighted by Gasteiger charge is -2.19. The highest BCUT2D eigenvalue weighted by molar-refractivity contribution is 7.90. The van der Waals surface area contributed by atoms with E-state index in [1.165, 1.54) is 18.2 Å². The van der Waals surface area contributed by atoms with Crippen LogP contribution in [-0.4, -0.2) is 37.0 Å². The Balaban J connectivity index is 2.78. The van der Waals surface area contributed by atoms with Crippen LogP contribution in [0, 0.1) is 12.7 Å². The Morgan fingerprint density at radius 2 is 1.88 bits per heavy atom. The lowest BCUT2D eigenvalue weighted by molar-refractivity contribution is 0.112. The Kier molecular flexibility index (Phi) is 6.07. The summed E-state index contributed by atoms with van der Waals surface area (Å²) in [4.78, 5) is 19.9. The number of hydrogen-bond acceptors (Lipinski definition) is 6. The minimum atomic E-state index is -3.70. The molecular weight excluding hydrogens is 357 g/mol. The van der Waals surface area contributed by atoms with Gasteiger partial charge >= 0.3 is 0 Å². The Labute approximate surface area is 152 Å². The second-order valence-electron chi connectivity index (χ2n) is 6.12. The average molecular weight is 379 g/mol. The number of rotatable bonds is 7. The van der Waals surface area contributed by atoms with Crippen LogP contribution >= 0.6 is 0 Å². The first-order valence-electron chi connectivity index (χ1n) is 8.31. The zero-order valence-corrected chi connectivity index (χ0v) is 16.0. The van der Waals surface area contributed by atoms with Gasteiger partial charge in [0.25, 0.3) is 0 Å². The van der Waals surface area contributed by atoms with Crippen LogP contribution in [-0.2, 0) is 9.84 Å². The fraction of sp³-hybridized carbons (Fsp3) is 0.389. The van der Waals surface area contributed by atoms with Gasteiger partial charge < -0.3 is 5.32 Å². The van der Waals surface area contributed by atoms with Crippen LogP contribution in [0.25, 0.3) is 11.3 Å². The molecule has 0 aliphatic carbocycles. The highest BCUT2D eigenvalue weighted by Crippen LogP contribution is 2.30. The molecule has 1 aromatic carbocycles. The lowest BCUT2D eigenvalue weighted by atomic mass is 10.0. The molecule has 0 saturated heterocycles. The van der Waals surface area contributed by atoms with E-state index in [0.29, 0.717) is 17.4 Å². The molecule has 0 bridgehead atoms. The van der Waals surface area contributed by atoms with E-state index in [9.17, 15) is 17.6 Å². The normalized spacial score (nSPS) is 11.6. The number of anilines is 1. The summed E-state index contributed by atoms with van der Waals surface area (Å²) >= 11 is 0. The van der Waals surface area contributed by atoms with E-state index in [-0.39, 0.29) is 28.3 Å². The Hall–Kier alpha value is -2.35. The number of aryl methyl sites for hydroxylation is 1. The smallest absolute Gasteiger partial charge is 0.249 e. The maximum absolute atomic E-state index is 13.4. The summed E-state index contributed by atoms with van der Waals surface area (Å²) < 4.78 is 37.5. The van der Waals surface area contributed by atoms with E-state index >= 15 is 0 Å². The maximum atomic E-state index is 13.4. The molecule has 2 aromatic rings. The Bertz CT molecular complexity index is 926. The SMILES string of the molecule is CCC(CC)Nc1nc(S(C)(=O)=O)nc(-c2ccc(F)cc2C)c1C=O. The molecule has 0 aliphatic rings. The Morgan fingerprint density at radius 1 is 1.23 bits per heavy atom. The zero-order valence-electron chi connectivity index (χ0n) is 15.2. The van der Waals surface area contributed by atoms with Crippen LogP contribution in [0.3, 0.4) is 0 Å². The molecule has 2 rings (SSSR count). The summed E-state index contributed by atoms with van der Waals surface area (Å²) in [5.41, 5.74) is 1.34. The number of carbonyl (C=O) groups excluding carboxylic acids is 1. The molecule has 1 aromatic heterocycles. The lowest BCUT2D eigenvalue weighted by Crippen LogP contribution is -2.21. The number of nitrogens with one attached hydrogen (secondary N) is 1. The predicted octanol–water partition coefficient (Wildman–Crippen LogP) is 3.41. The number of halogens is 1. The predicted molar refractivity (Wildman–Crippen MR) is 98.7 cm³/mol. The van der Waals surface area contributed by atoms with Gasteiger partial charge in [0.15, 0.2) is 6.29 Å². The van der Waals surface area contributed by atoms with Gasteiger partial charge in [-0.3, -0.25) is 4.79 Å². The minimum Gasteiger partial charge on any atom is -0.367 e. The van der Waals surface area contributed by atoms with Gasteiger partial charge in [-0.25, -0.2) is 22.8 Å². The topological polar surface area (TPSA) is 89.0 Å². The van der Waals surface area contributed by atoms with Gasteiger partial charge in [0.05, 0.1) is 11.3 Å². The molecule has 26 heavy (non-hydrogen) atoms. The van der Waals surface area contributed by atoms with Gasteiger partial charge in [0.1, 0.15) is 11.6 Å². The molecule has 140 valence electrons. The van der Waals surface area contributed by atoms with Crippen molar-refractivity contribution in [2.75, 3.05) is 11.6 Å². The number of benzene rings is 1. The van der Waals surface area contributed by atoms with Crippen LogP contribution < -0.4 is 5.32 Å². The molecule has 0 spiro atoms. The summed E-state index contributed by atoms with van der Waals surface area (Å²) in [6.07, 6.45) is 3.15. The summed E-state index contributed by atoms with van der Waals surface area (Å²) in [7, 11) is -3.70. The highest BCUT2D eigenvalue weighted by atomic mass is 32.2. The molecule has 0 radical (unpaired) electrons. The second-order valence-corrected chi connectivity index (χ2v) is 8.03. The van der Waals surface area contributed by atoms with E-state index in [1.54, 1.807) is 6.92 Å². The van der Waals surface area contributed by atoms with Crippen LogP contribution in [0.1, 0.15) is 42.6 Å². The van der Waals surface area contributed by atoms with Crippen LogP contribution in [0.4, 0.5) is 10.2 Å². The van der Waals surface area contributed by atoms with E-state index in [0.717, 1.165) is 19.1 Å². The Morgan fingerprint density at radius 3 is 2.38 bits per heavy atom. The second kappa shape index (κ2) is 7.90. The first-order valence-corrected chi connectivity index (χ1v) is 10.2. The van der Waals surface area contributed by atoms with Crippen LogP contribution in [0.2, 0.25) is 0 Å². The molecule has 0 amide bonds. The first kappa shape index (κ1) is 20.0. The number of nitrogens with zero attached hydrogens (tertiary/aromatic N) is 2. The van der Waals surface area contributed by atoms with E-state index in [1.807, 2.05) is 13.8 Å². The molecule has 1 N–H and O–H groups in total. The van der Waals surface area contributed by atoms with Gasteiger partial charge in [-0.1, -0.05) is 13.8 Å². The van der Waals surface area contributed by atoms with Crippen LogP contribution in [0.15, 0.2) is 23.4 Å². The monoisotopic (exact) mass is 379 g/mol. The van der Waals surface area contributed by atoms with Crippen molar-refractivity contribution in [1.29, 1.82) is 0 Å². The summed E-state index contributed by atoms with van der Waals surface area (Å²) in [5, 5.41) is 2.75. The third kappa shape index (κ3) is 4.24. The fourth-order valence-electron chi connectivity index (χ4n) is 2.62. The first-order chi connectivity index (χ1) is 12.2. The third-order valence-corrected chi connectivity index (χ3v) is 4.99. The van der Waals surface area contributed by atoms with Crippen molar-refractivity contribution in [2.45, 2.75) is 44.8 Å². The summed E-state index contributed by atoms with van der Waals surface area (Å²) in [6.45, 7) is 5.63. The van der Waals surface area contributed by atoms with Crippen molar-refractivity contribution in [3.63, 3.8) is 0 Å². The quantitative estimate of drug-likeness (QED) is 0.586. The maximum Gasteiger partial charge on any atom is 0.249 e. The van der Waals surface area contributed by atoms with Gasteiger partial charge in [-0.05, 0) is 43.5 Å². The van der Waals surface area contributed by atoms with Crippen molar-refractivity contribution in [2.24, 2.45) is 0 Å². The summed E-state index contributed by atoms with van der Waals surface area (Å²) in [5.74, 6) is -0.255. The highest BCUT2D eigenvalue weighted by Gasteiger charge is 2.22. The molecule has 0 aliphatic heterocycles. The van der Waals surface area contributed by atoms with E-state index in [2.05, 4.69) is 15.3 Å². The molecule has 0 unspecified atom stereocenters. The van der Waals surface area contributed by atoms with Crippen molar-refractivity contribution in [3.8, 4) is 11.3 Å². The third-order valence-electron chi connectivity index (χ3n) is 4.14. The molecule has 8 heteroatoms. The number of sulfone groups is 1. The van der Waals surface area contributed by atoms with Crippen LogP contribution in [0.5, 0.6) is 0 Å². The molecule has 6 nitrogen and oxygen atoms in total. The number of carbonyl (C=O) groups is 1. The zero-order chi connectivity index (χ0) is 19.5. The molecule has 1 heterocycles. The van der Waals surface area contributed by atoms with Crippen molar-refractivity contribution in [1.82, 2.24) is 9.97 Å². The molecular formula is C18H22FN3O3S. The van der Waals surface area contributed by atoms with Gasteiger partial charge in [0, 0.05) is 17.9 Å². The number of hydrogen-bond donors (Lipinski definition) is 1. The molecule has 0 fully saturated rings. The summed E-state index contributed by atoms with van der Waals surface area (Å²) in [6, 6.07) is 4.05. The number of aldehydes is 1. The van der Waals surface area contributed by atoms with Crippen molar-refractivity contribution in [3.05, 3.63) is 35.1 Å². The molecule has 0 atom stereocenters. The van der Waals surface area contributed by atoms with Gasteiger partial charge in [0.2, 0.25) is 15.0 Å². The van der Waals surface area contributed by atoms with Crippen molar-refractivity contribution >= 4 is 21.9 Å². The fourth-order valence-corrected chi connectivity index (χ4v) is 3.13. The standard InChI is InChI=1S/C18H22FN3O3S/c1-5-13(6-2)20-17-15(10-23)16(21-18(22-17)26(4,24)25)14-8-7-12(19)9-11(14)3/h7-10,13H,5-6H2,1-4H3,(H,20,21,22). The largest absolute Gasteiger partial charge is 0.367 e. The van der Waals surface area contributed by atoms with Gasteiger partial charge in [-0.2, -0.15) is 0 Å². The minimum absolute atomic E-state index is 0.0261. The molecule has 0 saturated carbocycles. The van der Waals surface area contributed by atoms with E-state index < -0.39 is 15.7 Å². The average Bonchev–Trinajstić information content (AvgIpc) is 2.58. The number of aromatic nitrogens is 2.